The summed E-state index contributed by atoms with van der Waals surface area (Å²) < 4.78 is 30.7. The van der Waals surface area contributed by atoms with Gasteiger partial charge in [0.15, 0.2) is 0 Å². The first-order chi connectivity index (χ1) is 10.9. The first-order valence-electron chi connectivity index (χ1n) is 7.64. The Morgan fingerprint density at radius 2 is 1.52 bits per heavy atom. The van der Waals surface area contributed by atoms with E-state index in [0.29, 0.717) is 17.3 Å². The molecule has 4 heteroatoms. The van der Waals surface area contributed by atoms with Crippen LogP contribution in [0.3, 0.4) is 0 Å². The average Bonchev–Trinajstić information content (AvgIpc) is 2.54. The number of hydrogen-bond donors (Lipinski definition) is 0. The third-order valence-electron chi connectivity index (χ3n) is 3.39. The number of aryl methyl sites for hydroxylation is 1. The molecule has 0 aromatic heterocycles. The minimum absolute atomic E-state index is 0.267. The van der Waals surface area contributed by atoms with Gasteiger partial charge in [-0.05, 0) is 60.9 Å². The summed E-state index contributed by atoms with van der Waals surface area (Å²) in [4.78, 5) is 0.580. The maximum absolute atomic E-state index is 12.6. The lowest BCUT2D eigenvalue weighted by atomic mass is 10.1. The van der Waals surface area contributed by atoms with Gasteiger partial charge in [-0.15, -0.1) is 0 Å². The van der Waals surface area contributed by atoms with Crippen LogP contribution in [0.15, 0.2) is 70.5 Å². The highest BCUT2D eigenvalue weighted by molar-refractivity contribution is 7.91. The summed E-state index contributed by atoms with van der Waals surface area (Å²) in [6, 6.07) is 13.6. The fraction of sp³-hybridized carbons (Fsp3) is 0.263. The van der Waals surface area contributed by atoms with Crippen molar-refractivity contribution in [3.63, 3.8) is 0 Å². The fourth-order valence-corrected chi connectivity index (χ4v) is 3.44. The highest BCUT2D eigenvalue weighted by Gasteiger charge is 2.17. The van der Waals surface area contributed by atoms with E-state index in [1.165, 1.54) is 0 Å². The molecule has 0 spiro atoms. The lowest BCUT2D eigenvalue weighted by Gasteiger charge is -2.08. The Morgan fingerprint density at radius 1 is 1.00 bits per heavy atom. The first-order valence-corrected chi connectivity index (χ1v) is 9.13. The van der Waals surface area contributed by atoms with Crippen LogP contribution < -0.4 is 4.74 Å². The largest absolute Gasteiger partial charge is 0.489 e. The quantitative estimate of drug-likeness (QED) is 0.706. The van der Waals surface area contributed by atoms with Gasteiger partial charge in [0.05, 0.1) is 9.79 Å². The molecule has 2 rings (SSSR count). The molecular weight excluding hydrogens is 308 g/mol. The zero-order valence-corrected chi connectivity index (χ0v) is 14.4. The van der Waals surface area contributed by atoms with Crippen LogP contribution in [-0.2, 0) is 16.3 Å². The topological polar surface area (TPSA) is 43.4 Å². The second kappa shape index (κ2) is 7.47. The van der Waals surface area contributed by atoms with Crippen LogP contribution in [0.4, 0.5) is 0 Å². The van der Waals surface area contributed by atoms with Crippen LogP contribution in [0.2, 0.25) is 0 Å². The van der Waals surface area contributed by atoms with E-state index in [4.69, 9.17) is 4.74 Å². The number of benzene rings is 2. The summed E-state index contributed by atoms with van der Waals surface area (Å²) in [5, 5.41) is 0. The van der Waals surface area contributed by atoms with Gasteiger partial charge in [-0.25, -0.2) is 8.42 Å². The summed E-state index contributed by atoms with van der Waals surface area (Å²) in [6.45, 7) is 8.16. The number of ether oxygens (including phenoxy) is 1. The van der Waals surface area contributed by atoms with E-state index in [0.717, 1.165) is 24.0 Å². The third-order valence-corrected chi connectivity index (χ3v) is 5.18. The molecule has 0 aliphatic rings. The Morgan fingerprint density at radius 3 is 2.00 bits per heavy atom. The molecule has 0 saturated carbocycles. The van der Waals surface area contributed by atoms with Gasteiger partial charge < -0.3 is 4.74 Å². The zero-order valence-electron chi connectivity index (χ0n) is 13.6. The predicted octanol–water partition coefficient (Wildman–Crippen LogP) is 4.43. The van der Waals surface area contributed by atoms with E-state index in [1.807, 2.05) is 19.1 Å². The van der Waals surface area contributed by atoms with Crippen LogP contribution in [0.25, 0.3) is 0 Å². The number of sulfone groups is 1. The Kier molecular flexibility index (Phi) is 5.61. The van der Waals surface area contributed by atoms with Gasteiger partial charge in [0.2, 0.25) is 9.84 Å². The highest BCUT2D eigenvalue weighted by atomic mass is 32.2. The van der Waals surface area contributed by atoms with Crippen LogP contribution in [0, 0.1) is 0 Å². The van der Waals surface area contributed by atoms with Gasteiger partial charge in [0, 0.05) is 0 Å². The molecule has 0 bridgehead atoms. The van der Waals surface area contributed by atoms with Gasteiger partial charge in [-0.2, -0.15) is 0 Å². The Hall–Kier alpha value is -2.07. The summed E-state index contributed by atoms with van der Waals surface area (Å²) in [5.41, 5.74) is 2.06. The summed E-state index contributed by atoms with van der Waals surface area (Å²) in [6.07, 6.45) is 1.99. The lowest BCUT2D eigenvalue weighted by molar-refractivity contribution is 0.352. The van der Waals surface area contributed by atoms with Crippen molar-refractivity contribution in [2.75, 3.05) is 6.61 Å². The van der Waals surface area contributed by atoms with Crippen molar-refractivity contribution < 1.29 is 13.2 Å². The van der Waals surface area contributed by atoms with Crippen molar-refractivity contribution >= 4 is 9.84 Å². The monoisotopic (exact) mass is 330 g/mol. The van der Waals surface area contributed by atoms with Crippen LogP contribution in [-0.4, -0.2) is 15.0 Å². The SMILES string of the molecule is C=C(C)COc1ccc(S(=O)(=O)c2ccc(CCC)cc2)cc1. The van der Waals surface area contributed by atoms with E-state index in [1.54, 1.807) is 36.4 Å². The molecule has 0 fully saturated rings. The van der Waals surface area contributed by atoms with Crippen molar-refractivity contribution in [3.05, 3.63) is 66.2 Å². The van der Waals surface area contributed by atoms with Crippen molar-refractivity contribution in [2.24, 2.45) is 0 Å². The van der Waals surface area contributed by atoms with Crippen molar-refractivity contribution in [1.29, 1.82) is 0 Å². The summed E-state index contributed by atoms with van der Waals surface area (Å²) >= 11 is 0. The maximum atomic E-state index is 12.6. The standard InChI is InChI=1S/C19H22O3S/c1-4-5-16-6-10-18(11-7-16)23(20,21)19-12-8-17(9-13-19)22-14-15(2)3/h6-13H,2,4-5,14H2,1,3H3. The Balaban J connectivity index is 2.20. The molecule has 0 amide bonds. The molecule has 0 radical (unpaired) electrons. The number of rotatable bonds is 7. The van der Waals surface area contributed by atoms with E-state index in [9.17, 15) is 8.42 Å². The molecule has 0 aliphatic heterocycles. The molecule has 122 valence electrons. The minimum Gasteiger partial charge on any atom is -0.489 e. The molecule has 0 saturated heterocycles. The Bertz CT molecular complexity index is 757. The molecule has 2 aromatic carbocycles. The zero-order chi connectivity index (χ0) is 16.9. The average molecular weight is 330 g/mol. The number of hydrogen-bond acceptors (Lipinski definition) is 3. The fourth-order valence-electron chi connectivity index (χ4n) is 2.18. The van der Waals surface area contributed by atoms with E-state index in [2.05, 4.69) is 13.5 Å². The smallest absolute Gasteiger partial charge is 0.206 e. The molecule has 0 unspecified atom stereocenters. The van der Waals surface area contributed by atoms with E-state index in [-0.39, 0.29) is 4.90 Å². The van der Waals surface area contributed by atoms with E-state index >= 15 is 0 Å². The third kappa shape index (κ3) is 4.45. The second-order valence-corrected chi connectivity index (χ2v) is 7.56. The van der Waals surface area contributed by atoms with E-state index < -0.39 is 9.84 Å². The second-order valence-electron chi connectivity index (χ2n) is 5.61. The first kappa shape index (κ1) is 17.3. The van der Waals surface area contributed by atoms with Crippen molar-refractivity contribution in [2.45, 2.75) is 36.5 Å². The molecule has 3 nitrogen and oxygen atoms in total. The molecule has 2 aromatic rings. The molecule has 0 aliphatic carbocycles. The molecule has 0 atom stereocenters. The predicted molar refractivity (Wildman–Crippen MR) is 92.6 cm³/mol. The minimum atomic E-state index is -3.49. The van der Waals surface area contributed by atoms with Crippen LogP contribution in [0.1, 0.15) is 25.8 Å². The summed E-state index contributed by atoms with van der Waals surface area (Å²) in [5.74, 6) is 0.630. The van der Waals surface area contributed by atoms with Gasteiger partial charge in [-0.3, -0.25) is 0 Å². The lowest BCUT2D eigenvalue weighted by Crippen LogP contribution is -2.03. The Labute approximate surface area is 138 Å². The van der Waals surface area contributed by atoms with Gasteiger partial charge in [-0.1, -0.05) is 32.1 Å². The molecular formula is C19H22O3S. The summed E-state index contributed by atoms with van der Waals surface area (Å²) in [7, 11) is -3.49. The maximum Gasteiger partial charge on any atom is 0.206 e. The highest BCUT2D eigenvalue weighted by Crippen LogP contribution is 2.23. The van der Waals surface area contributed by atoms with Crippen LogP contribution >= 0.6 is 0 Å². The van der Waals surface area contributed by atoms with Crippen LogP contribution in [0.5, 0.6) is 5.75 Å². The van der Waals surface area contributed by atoms with Crippen molar-refractivity contribution in [3.8, 4) is 5.75 Å². The molecule has 23 heavy (non-hydrogen) atoms. The molecule has 0 heterocycles. The van der Waals surface area contributed by atoms with Gasteiger partial charge in [0.1, 0.15) is 12.4 Å². The molecule has 0 N–H and O–H groups in total. The van der Waals surface area contributed by atoms with Crippen molar-refractivity contribution in [1.82, 2.24) is 0 Å². The van der Waals surface area contributed by atoms with Gasteiger partial charge in [0.25, 0.3) is 0 Å². The normalized spacial score (nSPS) is 11.2. The van der Waals surface area contributed by atoms with Gasteiger partial charge >= 0.3 is 0 Å².